The van der Waals surface area contributed by atoms with Gasteiger partial charge < -0.3 is 20.5 Å². The van der Waals surface area contributed by atoms with Gasteiger partial charge in [0.15, 0.2) is 0 Å². The molecule has 1 fully saturated rings. The van der Waals surface area contributed by atoms with Gasteiger partial charge in [-0.1, -0.05) is 12.8 Å². The van der Waals surface area contributed by atoms with E-state index in [0.29, 0.717) is 6.54 Å². The van der Waals surface area contributed by atoms with Crippen molar-refractivity contribution in [2.45, 2.75) is 32.2 Å². The lowest BCUT2D eigenvalue weighted by molar-refractivity contribution is -0.142. The summed E-state index contributed by atoms with van der Waals surface area (Å²) < 4.78 is 4.78. The summed E-state index contributed by atoms with van der Waals surface area (Å²) in [6, 6.07) is -0.0421. The van der Waals surface area contributed by atoms with E-state index in [1.807, 2.05) is 6.92 Å². The van der Waals surface area contributed by atoms with Crippen LogP contribution in [-0.2, 0) is 9.53 Å². The Hall–Kier alpha value is -1.30. The minimum Gasteiger partial charge on any atom is -0.480 e. The fraction of sp³-hybridized carbons (Fsp3) is 0.818. The van der Waals surface area contributed by atoms with Crippen LogP contribution in [0.5, 0.6) is 0 Å². The lowest BCUT2D eigenvalue weighted by Crippen LogP contribution is -2.42. The van der Waals surface area contributed by atoms with E-state index in [1.54, 1.807) is 0 Å². The highest BCUT2D eigenvalue weighted by Crippen LogP contribution is 2.33. The first-order chi connectivity index (χ1) is 8.08. The molecule has 6 nitrogen and oxygen atoms in total. The number of carboxylic acid groups (broad SMARTS) is 1. The molecule has 0 spiro atoms. The highest BCUT2D eigenvalue weighted by Gasteiger charge is 2.23. The molecule has 0 bridgehead atoms. The maximum absolute atomic E-state index is 11.4. The second-order valence-corrected chi connectivity index (χ2v) is 4.43. The number of hydrogen-bond donors (Lipinski definition) is 3. The van der Waals surface area contributed by atoms with Gasteiger partial charge in [0.05, 0.1) is 6.61 Å². The molecule has 1 aliphatic carbocycles. The second kappa shape index (κ2) is 7.11. The quantitative estimate of drug-likeness (QED) is 0.545. The molecular weight excluding hydrogens is 224 g/mol. The molecule has 0 saturated heterocycles. The van der Waals surface area contributed by atoms with Crippen molar-refractivity contribution < 1.29 is 19.4 Å². The van der Waals surface area contributed by atoms with Gasteiger partial charge in [-0.3, -0.25) is 0 Å². The first kappa shape index (κ1) is 13.8. The van der Waals surface area contributed by atoms with Gasteiger partial charge in [-0.2, -0.15) is 0 Å². The maximum atomic E-state index is 11.4. The predicted octanol–water partition coefficient (Wildman–Crippen LogP) is 0.575. The minimum atomic E-state index is -1.01. The Morgan fingerprint density at radius 3 is 2.76 bits per heavy atom. The molecule has 6 heteroatoms. The van der Waals surface area contributed by atoms with E-state index in [4.69, 9.17) is 9.84 Å². The van der Waals surface area contributed by atoms with Gasteiger partial charge in [0.2, 0.25) is 0 Å². The molecule has 0 aromatic carbocycles. The number of rotatable bonds is 8. The Kier molecular flexibility index (Phi) is 5.76. The Labute approximate surface area is 101 Å². The predicted molar refractivity (Wildman–Crippen MR) is 61.8 cm³/mol. The third kappa shape index (κ3) is 7.57. The summed E-state index contributed by atoms with van der Waals surface area (Å²) in [4.78, 5) is 21.5. The summed E-state index contributed by atoms with van der Waals surface area (Å²) in [5.41, 5.74) is 0. The summed E-state index contributed by atoms with van der Waals surface area (Å²) in [5, 5.41) is 13.7. The molecule has 1 rings (SSSR count). The van der Waals surface area contributed by atoms with Gasteiger partial charge in [-0.15, -0.1) is 0 Å². The lowest BCUT2D eigenvalue weighted by atomic mass is 10.2. The highest BCUT2D eigenvalue weighted by atomic mass is 16.5. The first-order valence-electron chi connectivity index (χ1n) is 5.92. The fourth-order valence-corrected chi connectivity index (χ4v) is 1.58. The van der Waals surface area contributed by atoms with Gasteiger partial charge in [0, 0.05) is 12.6 Å². The SMILES string of the molecule is CC(CC1CC1)NC(=O)NCCOCC(=O)O. The number of urea groups is 1. The van der Waals surface area contributed by atoms with Crippen molar-refractivity contribution in [2.75, 3.05) is 19.8 Å². The van der Waals surface area contributed by atoms with Crippen LogP contribution in [0.15, 0.2) is 0 Å². The van der Waals surface area contributed by atoms with Crippen LogP contribution in [-0.4, -0.2) is 42.9 Å². The van der Waals surface area contributed by atoms with E-state index in [-0.39, 0.29) is 25.3 Å². The van der Waals surface area contributed by atoms with E-state index in [2.05, 4.69) is 10.6 Å². The summed E-state index contributed by atoms with van der Waals surface area (Å²) in [5.74, 6) is -0.225. The van der Waals surface area contributed by atoms with E-state index in [0.717, 1.165) is 12.3 Å². The topological polar surface area (TPSA) is 87.7 Å². The van der Waals surface area contributed by atoms with Crippen LogP contribution in [0, 0.1) is 5.92 Å². The van der Waals surface area contributed by atoms with Crippen molar-refractivity contribution in [3.05, 3.63) is 0 Å². The van der Waals surface area contributed by atoms with Gasteiger partial charge in [0.1, 0.15) is 6.61 Å². The normalized spacial score (nSPS) is 16.3. The maximum Gasteiger partial charge on any atom is 0.329 e. The highest BCUT2D eigenvalue weighted by molar-refractivity contribution is 5.74. The first-order valence-corrected chi connectivity index (χ1v) is 5.92. The molecule has 2 amide bonds. The van der Waals surface area contributed by atoms with E-state index in [1.165, 1.54) is 12.8 Å². The van der Waals surface area contributed by atoms with Crippen molar-refractivity contribution >= 4 is 12.0 Å². The van der Waals surface area contributed by atoms with Crippen LogP contribution in [0.25, 0.3) is 0 Å². The minimum absolute atomic E-state index is 0.183. The Morgan fingerprint density at radius 1 is 1.47 bits per heavy atom. The summed E-state index contributed by atoms with van der Waals surface area (Å²) in [6.45, 7) is 2.17. The third-order valence-electron chi connectivity index (χ3n) is 2.52. The molecule has 0 aromatic heterocycles. The average Bonchev–Trinajstić information content (AvgIpc) is 3.00. The molecule has 0 heterocycles. The van der Waals surface area contributed by atoms with Crippen LogP contribution >= 0.6 is 0 Å². The van der Waals surface area contributed by atoms with Crippen LogP contribution < -0.4 is 10.6 Å². The van der Waals surface area contributed by atoms with Gasteiger partial charge in [-0.25, -0.2) is 9.59 Å². The molecule has 98 valence electrons. The largest absolute Gasteiger partial charge is 0.480 e. The molecule has 0 radical (unpaired) electrons. The number of carboxylic acids is 1. The van der Waals surface area contributed by atoms with Crippen molar-refractivity contribution in [2.24, 2.45) is 5.92 Å². The summed E-state index contributed by atoms with van der Waals surface area (Å²) in [7, 11) is 0. The van der Waals surface area contributed by atoms with Gasteiger partial charge in [-0.05, 0) is 19.3 Å². The van der Waals surface area contributed by atoms with Crippen LogP contribution in [0.3, 0.4) is 0 Å². The van der Waals surface area contributed by atoms with Crippen molar-refractivity contribution in [1.29, 1.82) is 0 Å². The fourth-order valence-electron chi connectivity index (χ4n) is 1.58. The van der Waals surface area contributed by atoms with Gasteiger partial charge in [0.25, 0.3) is 0 Å². The van der Waals surface area contributed by atoms with E-state index in [9.17, 15) is 9.59 Å². The van der Waals surface area contributed by atoms with Crippen molar-refractivity contribution in [3.63, 3.8) is 0 Å². The number of carbonyl (C=O) groups excluding carboxylic acids is 1. The number of hydrogen-bond acceptors (Lipinski definition) is 3. The second-order valence-electron chi connectivity index (χ2n) is 4.43. The zero-order valence-corrected chi connectivity index (χ0v) is 10.1. The lowest BCUT2D eigenvalue weighted by Gasteiger charge is -2.14. The molecule has 0 aromatic rings. The van der Waals surface area contributed by atoms with E-state index >= 15 is 0 Å². The standard InChI is InChI=1S/C11H20N2O4/c1-8(6-9-2-3-9)13-11(16)12-4-5-17-7-10(14)15/h8-9H,2-7H2,1H3,(H,14,15)(H2,12,13,16). The average molecular weight is 244 g/mol. The third-order valence-corrected chi connectivity index (χ3v) is 2.52. The van der Waals surface area contributed by atoms with E-state index < -0.39 is 5.97 Å². The molecule has 1 saturated carbocycles. The Bertz CT molecular complexity index is 266. The van der Waals surface area contributed by atoms with Crippen molar-refractivity contribution in [3.8, 4) is 0 Å². The molecule has 1 atom stereocenters. The van der Waals surface area contributed by atoms with Crippen molar-refractivity contribution in [1.82, 2.24) is 10.6 Å². The summed E-state index contributed by atoms with van der Waals surface area (Å²) >= 11 is 0. The molecule has 0 aliphatic heterocycles. The number of amides is 2. The molecule has 3 N–H and O–H groups in total. The molecule has 1 unspecified atom stereocenters. The molecule has 17 heavy (non-hydrogen) atoms. The van der Waals surface area contributed by atoms with Gasteiger partial charge >= 0.3 is 12.0 Å². The van der Waals surface area contributed by atoms with Crippen LogP contribution in [0.1, 0.15) is 26.2 Å². The number of aliphatic carboxylic acids is 1. The summed E-state index contributed by atoms with van der Waals surface area (Å²) in [6.07, 6.45) is 3.58. The Balaban J connectivity index is 1.94. The zero-order chi connectivity index (χ0) is 12.7. The molecule has 1 aliphatic rings. The molecular formula is C11H20N2O4. The smallest absolute Gasteiger partial charge is 0.329 e. The van der Waals surface area contributed by atoms with Crippen LogP contribution in [0.4, 0.5) is 4.79 Å². The zero-order valence-electron chi connectivity index (χ0n) is 10.1. The number of nitrogens with one attached hydrogen (secondary N) is 2. The number of carbonyl (C=O) groups is 2. The number of ether oxygens (including phenoxy) is 1. The Morgan fingerprint density at radius 2 is 2.18 bits per heavy atom. The monoisotopic (exact) mass is 244 g/mol. The van der Waals surface area contributed by atoms with Crippen LogP contribution in [0.2, 0.25) is 0 Å².